The van der Waals surface area contributed by atoms with Crippen LogP contribution >= 0.6 is 11.6 Å². The molecule has 1 saturated heterocycles. The summed E-state index contributed by atoms with van der Waals surface area (Å²) in [4.78, 5) is 15.7. The molecule has 6 heteroatoms. The van der Waals surface area contributed by atoms with Crippen LogP contribution in [0.5, 0.6) is 0 Å². The lowest BCUT2D eigenvalue weighted by Gasteiger charge is -2.36. The van der Waals surface area contributed by atoms with E-state index in [2.05, 4.69) is 4.90 Å². The van der Waals surface area contributed by atoms with Crippen molar-refractivity contribution >= 4 is 29.0 Å². The van der Waals surface area contributed by atoms with Gasteiger partial charge in [-0.15, -0.1) is 0 Å². The van der Waals surface area contributed by atoms with Crippen molar-refractivity contribution in [3.8, 4) is 0 Å². The molecule has 0 unspecified atom stereocenters. The van der Waals surface area contributed by atoms with Gasteiger partial charge in [0.15, 0.2) is 0 Å². The van der Waals surface area contributed by atoms with Crippen LogP contribution in [0.3, 0.4) is 0 Å². The number of halogens is 1. The van der Waals surface area contributed by atoms with Crippen molar-refractivity contribution in [1.29, 1.82) is 5.41 Å². The molecule has 1 aliphatic rings. The third-order valence-electron chi connectivity index (χ3n) is 3.15. The Morgan fingerprint density at radius 3 is 2.58 bits per heavy atom. The fourth-order valence-corrected chi connectivity index (χ4v) is 2.35. The second kappa shape index (κ2) is 5.93. The number of nitrogens with zero attached hydrogens (tertiary/aromatic N) is 2. The first kappa shape index (κ1) is 13.7. The number of carbonyl (C=O) groups is 1. The van der Waals surface area contributed by atoms with Gasteiger partial charge in [-0.05, 0) is 18.2 Å². The van der Waals surface area contributed by atoms with E-state index in [1.54, 1.807) is 4.90 Å². The van der Waals surface area contributed by atoms with Gasteiger partial charge in [0, 0.05) is 36.9 Å². The molecule has 1 heterocycles. The minimum absolute atomic E-state index is 0.0111. The van der Waals surface area contributed by atoms with Gasteiger partial charge in [0.2, 0.25) is 5.91 Å². The summed E-state index contributed by atoms with van der Waals surface area (Å²) in [5, 5.41) is 7.86. The molecule has 0 bridgehead atoms. The monoisotopic (exact) mass is 280 g/mol. The summed E-state index contributed by atoms with van der Waals surface area (Å²) in [5.74, 6) is -0.152. The van der Waals surface area contributed by atoms with E-state index in [0.717, 1.165) is 18.8 Å². The van der Waals surface area contributed by atoms with Crippen molar-refractivity contribution < 1.29 is 4.79 Å². The molecule has 1 aromatic rings. The summed E-state index contributed by atoms with van der Waals surface area (Å²) >= 11 is 5.97. The second-order valence-electron chi connectivity index (χ2n) is 4.55. The van der Waals surface area contributed by atoms with Crippen LogP contribution in [0.25, 0.3) is 0 Å². The van der Waals surface area contributed by atoms with E-state index >= 15 is 0 Å². The minimum atomic E-state index is -0.0812. The molecule has 1 amide bonds. The number of amides is 1. The van der Waals surface area contributed by atoms with Crippen molar-refractivity contribution in [2.45, 2.75) is 6.42 Å². The molecule has 1 aliphatic heterocycles. The number of piperazine rings is 1. The van der Waals surface area contributed by atoms with Gasteiger partial charge >= 0.3 is 0 Å². The van der Waals surface area contributed by atoms with E-state index in [4.69, 9.17) is 22.7 Å². The Labute approximate surface area is 117 Å². The topological polar surface area (TPSA) is 73.4 Å². The van der Waals surface area contributed by atoms with E-state index in [-0.39, 0.29) is 18.2 Å². The van der Waals surface area contributed by atoms with E-state index < -0.39 is 0 Å². The molecule has 0 aromatic heterocycles. The van der Waals surface area contributed by atoms with E-state index in [1.165, 1.54) is 0 Å². The normalized spacial score (nSPS) is 15.4. The van der Waals surface area contributed by atoms with Crippen molar-refractivity contribution in [1.82, 2.24) is 4.90 Å². The van der Waals surface area contributed by atoms with Crippen molar-refractivity contribution in [3.05, 3.63) is 29.3 Å². The summed E-state index contributed by atoms with van der Waals surface area (Å²) in [6.07, 6.45) is 0.0111. The first-order chi connectivity index (χ1) is 9.06. The van der Waals surface area contributed by atoms with Crippen LogP contribution in [-0.2, 0) is 4.79 Å². The maximum Gasteiger partial charge on any atom is 0.230 e. The average Bonchev–Trinajstić information content (AvgIpc) is 2.38. The highest BCUT2D eigenvalue weighted by Gasteiger charge is 2.21. The van der Waals surface area contributed by atoms with Gasteiger partial charge in [-0.2, -0.15) is 0 Å². The van der Waals surface area contributed by atoms with E-state index in [0.29, 0.717) is 18.1 Å². The predicted molar refractivity (Wildman–Crippen MR) is 76.8 cm³/mol. The largest absolute Gasteiger partial charge is 0.387 e. The maximum absolute atomic E-state index is 11.8. The molecule has 2 rings (SSSR count). The zero-order chi connectivity index (χ0) is 13.8. The Balaban J connectivity index is 1.92. The summed E-state index contributed by atoms with van der Waals surface area (Å²) in [7, 11) is 0. The molecule has 1 aromatic carbocycles. The Bertz CT molecular complexity index is 483. The summed E-state index contributed by atoms with van der Waals surface area (Å²) in [5.41, 5.74) is 6.32. The molecule has 0 aliphatic carbocycles. The number of anilines is 1. The number of hydrogen-bond donors (Lipinski definition) is 2. The first-order valence-electron chi connectivity index (χ1n) is 6.17. The molecule has 1 fully saturated rings. The van der Waals surface area contributed by atoms with Gasteiger partial charge in [0.05, 0.1) is 12.3 Å². The minimum Gasteiger partial charge on any atom is -0.387 e. The highest BCUT2D eigenvalue weighted by atomic mass is 35.5. The van der Waals surface area contributed by atoms with Crippen LogP contribution in [0.15, 0.2) is 24.3 Å². The molecular weight excluding hydrogens is 264 g/mol. The number of carbonyl (C=O) groups excluding carboxylic acids is 1. The Morgan fingerprint density at radius 1 is 1.32 bits per heavy atom. The number of nitrogens with one attached hydrogen (secondary N) is 1. The molecular formula is C13H17ClN4O. The number of rotatable bonds is 3. The quantitative estimate of drug-likeness (QED) is 0.648. The Hall–Kier alpha value is -1.75. The van der Waals surface area contributed by atoms with Gasteiger partial charge in [-0.25, -0.2) is 0 Å². The standard InChI is InChI=1S/C13H17ClN4O/c14-10-2-1-3-11(8-10)17-4-6-18(7-5-17)13(19)9-12(15)16/h1-3,8H,4-7,9H2,(H3,15,16). The molecule has 19 heavy (non-hydrogen) atoms. The van der Waals surface area contributed by atoms with Gasteiger partial charge in [0.1, 0.15) is 0 Å². The molecule has 0 atom stereocenters. The molecule has 5 nitrogen and oxygen atoms in total. The van der Waals surface area contributed by atoms with Crippen molar-refractivity contribution in [2.24, 2.45) is 5.73 Å². The summed E-state index contributed by atoms with van der Waals surface area (Å²) in [6, 6.07) is 7.70. The van der Waals surface area contributed by atoms with Crippen LogP contribution in [-0.4, -0.2) is 42.8 Å². The second-order valence-corrected chi connectivity index (χ2v) is 4.99. The molecule has 0 saturated carbocycles. The highest BCUT2D eigenvalue weighted by molar-refractivity contribution is 6.30. The third kappa shape index (κ3) is 3.61. The third-order valence-corrected chi connectivity index (χ3v) is 3.38. The van der Waals surface area contributed by atoms with Crippen LogP contribution in [0.4, 0.5) is 5.69 Å². The van der Waals surface area contributed by atoms with E-state index in [1.807, 2.05) is 24.3 Å². The van der Waals surface area contributed by atoms with Gasteiger partial charge < -0.3 is 15.5 Å². The first-order valence-corrected chi connectivity index (χ1v) is 6.55. The smallest absolute Gasteiger partial charge is 0.230 e. The Kier molecular flexibility index (Phi) is 4.27. The van der Waals surface area contributed by atoms with Crippen LogP contribution in [0.2, 0.25) is 5.02 Å². The van der Waals surface area contributed by atoms with Crippen LogP contribution < -0.4 is 10.6 Å². The van der Waals surface area contributed by atoms with Crippen molar-refractivity contribution in [3.63, 3.8) is 0 Å². The van der Waals surface area contributed by atoms with Gasteiger partial charge in [0.25, 0.3) is 0 Å². The number of nitrogens with two attached hydrogens (primary N) is 1. The molecule has 102 valence electrons. The molecule has 0 radical (unpaired) electrons. The zero-order valence-corrected chi connectivity index (χ0v) is 11.4. The lowest BCUT2D eigenvalue weighted by molar-refractivity contribution is -0.130. The average molecular weight is 281 g/mol. The van der Waals surface area contributed by atoms with Crippen LogP contribution in [0.1, 0.15) is 6.42 Å². The van der Waals surface area contributed by atoms with E-state index in [9.17, 15) is 4.79 Å². The SMILES string of the molecule is N=C(N)CC(=O)N1CCN(c2cccc(Cl)c2)CC1. The van der Waals surface area contributed by atoms with Crippen molar-refractivity contribution in [2.75, 3.05) is 31.1 Å². The number of amidine groups is 1. The fourth-order valence-electron chi connectivity index (χ4n) is 2.16. The lowest BCUT2D eigenvalue weighted by atomic mass is 10.2. The number of benzene rings is 1. The number of hydrogen-bond acceptors (Lipinski definition) is 3. The summed E-state index contributed by atoms with van der Waals surface area (Å²) < 4.78 is 0. The molecule has 0 spiro atoms. The Morgan fingerprint density at radius 2 is 2.00 bits per heavy atom. The van der Waals surface area contributed by atoms with Crippen LogP contribution in [0, 0.1) is 5.41 Å². The zero-order valence-electron chi connectivity index (χ0n) is 10.6. The predicted octanol–water partition coefficient (Wildman–Crippen LogP) is 1.31. The highest BCUT2D eigenvalue weighted by Crippen LogP contribution is 2.20. The lowest BCUT2D eigenvalue weighted by Crippen LogP contribution is -2.49. The maximum atomic E-state index is 11.8. The summed E-state index contributed by atoms with van der Waals surface area (Å²) in [6.45, 7) is 2.84. The van der Waals surface area contributed by atoms with Gasteiger partial charge in [-0.3, -0.25) is 10.2 Å². The molecule has 3 N–H and O–H groups in total. The fraction of sp³-hybridized carbons (Fsp3) is 0.385. The van der Waals surface area contributed by atoms with Gasteiger partial charge in [-0.1, -0.05) is 17.7 Å².